The second-order valence-corrected chi connectivity index (χ2v) is 5.44. The van der Waals surface area contributed by atoms with Gasteiger partial charge >= 0.3 is 0 Å². The van der Waals surface area contributed by atoms with Crippen molar-refractivity contribution in [3.8, 4) is 0 Å². The minimum atomic E-state index is -0.267. The SMILES string of the molecule is CN(Cc1cccc(F)c1)C(=O)C[C@@H]1CCC[C@H]1N. The second kappa shape index (κ2) is 6.15. The van der Waals surface area contributed by atoms with Gasteiger partial charge in [0, 0.05) is 26.1 Å². The van der Waals surface area contributed by atoms with Gasteiger partial charge in [-0.3, -0.25) is 4.79 Å². The lowest BCUT2D eigenvalue weighted by molar-refractivity contribution is -0.131. The maximum absolute atomic E-state index is 13.1. The van der Waals surface area contributed by atoms with E-state index in [1.807, 2.05) is 6.07 Å². The fourth-order valence-corrected chi connectivity index (χ4v) is 2.70. The predicted molar refractivity (Wildman–Crippen MR) is 72.8 cm³/mol. The van der Waals surface area contributed by atoms with E-state index in [0.717, 1.165) is 24.8 Å². The van der Waals surface area contributed by atoms with E-state index < -0.39 is 0 Å². The number of halogens is 1. The van der Waals surface area contributed by atoms with Crippen molar-refractivity contribution < 1.29 is 9.18 Å². The van der Waals surface area contributed by atoms with E-state index in [0.29, 0.717) is 18.9 Å². The summed E-state index contributed by atoms with van der Waals surface area (Å²) >= 11 is 0. The third-order valence-corrected chi connectivity index (χ3v) is 3.89. The standard InChI is InChI=1S/C15H21FN2O/c1-18(10-11-4-2-6-13(16)8-11)15(19)9-12-5-3-7-14(12)17/h2,4,6,8,12,14H,3,5,7,9-10,17H2,1H3/t12-,14+/m0/s1. The molecule has 2 atom stereocenters. The van der Waals surface area contributed by atoms with Crippen molar-refractivity contribution in [1.82, 2.24) is 4.90 Å². The number of hydrogen-bond donors (Lipinski definition) is 1. The van der Waals surface area contributed by atoms with E-state index in [-0.39, 0.29) is 17.8 Å². The van der Waals surface area contributed by atoms with Crippen molar-refractivity contribution in [2.24, 2.45) is 11.7 Å². The van der Waals surface area contributed by atoms with E-state index in [2.05, 4.69) is 0 Å². The van der Waals surface area contributed by atoms with Gasteiger partial charge < -0.3 is 10.6 Å². The predicted octanol–water partition coefficient (Wildman–Crippen LogP) is 2.30. The number of carbonyl (C=O) groups is 1. The first-order valence-electron chi connectivity index (χ1n) is 6.80. The summed E-state index contributed by atoms with van der Waals surface area (Å²) < 4.78 is 13.1. The highest BCUT2D eigenvalue weighted by atomic mass is 19.1. The molecule has 0 heterocycles. The van der Waals surface area contributed by atoms with Crippen molar-refractivity contribution in [1.29, 1.82) is 0 Å². The van der Waals surface area contributed by atoms with Crippen molar-refractivity contribution in [2.75, 3.05) is 7.05 Å². The fourth-order valence-electron chi connectivity index (χ4n) is 2.70. The molecule has 4 heteroatoms. The third kappa shape index (κ3) is 3.77. The molecule has 3 nitrogen and oxygen atoms in total. The van der Waals surface area contributed by atoms with Gasteiger partial charge in [0.1, 0.15) is 5.82 Å². The number of rotatable bonds is 4. The average Bonchev–Trinajstić information content (AvgIpc) is 2.75. The summed E-state index contributed by atoms with van der Waals surface area (Å²) in [6.45, 7) is 0.443. The smallest absolute Gasteiger partial charge is 0.222 e. The zero-order valence-corrected chi connectivity index (χ0v) is 11.3. The zero-order valence-electron chi connectivity index (χ0n) is 11.3. The normalized spacial score (nSPS) is 22.5. The van der Waals surface area contributed by atoms with Crippen LogP contribution >= 0.6 is 0 Å². The third-order valence-electron chi connectivity index (χ3n) is 3.89. The maximum atomic E-state index is 13.1. The molecule has 1 aromatic rings. The van der Waals surface area contributed by atoms with Gasteiger partial charge in [0.25, 0.3) is 0 Å². The van der Waals surface area contributed by atoms with Crippen LogP contribution in [0.15, 0.2) is 24.3 Å². The summed E-state index contributed by atoms with van der Waals surface area (Å²) in [6.07, 6.45) is 3.69. The summed E-state index contributed by atoms with van der Waals surface area (Å²) in [5.74, 6) is 0.130. The molecule has 0 bridgehead atoms. The van der Waals surface area contributed by atoms with Crippen LogP contribution in [0.2, 0.25) is 0 Å². The van der Waals surface area contributed by atoms with Crippen LogP contribution in [0.25, 0.3) is 0 Å². The Morgan fingerprint density at radius 3 is 2.89 bits per heavy atom. The molecular weight excluding hydrogens is 243 g/mol. The van der Waals surface area contributed by atoms with E-state index in [1.165, 1.54) is 12.1 Å². The molecule has 1 aromatic carbocycles. The van der Waals surface area contributed by atoms with Crippen molar-refractivity contribution in [3.63, 3.8) is 0 Å². The lowest BCUT2D eigenvalue weighted by Gasteiger charge is -2.21. The van der Waals surface area contributed by atoms with Crippen LogP contribution in [0.3, 0.4) is 0 Å². The van der Waals surface area contributed by atoms with Gasteiger partial charge in [-0.2, -0.15) is 0 Å². The largest absolute Gasteiger partial charge is 0.341 e. The van der Waals surface area contributed by atoms with Gasteiger partial charge in [0.2, 0.25) is 5.91 Å². The number of nitrogens with two attached hydrogens (primary N) is 1. The molecule has 19 heavy (non-hydrogen) atoms. The molecule has 0 aromatic heterocycles. The summed E-state index contributed by atoms with van der Waals surface area (Å²) in [4.78, 5) is 13.8. The Bertz CT molecular complexity index is 450. The monoisotopic (exact) mass is 264 g/mol. The van der Waals surface area contributed by atoms with Crippen LogP contribution in [0, 0.1) is 11.7 Å². The Morgan fingerprint density at radius 2 is 2.26 bits per heavy atom. The maximum Gasteiger partial charge on any atom is 0.222 e. The molecule has 0 unspecified atom stereocenters. The van der Waals surface area contributed by atoms with E-state index in [1.54, 1.807) is 18.0 Å². The van der Waals surface area contributed by atoms with Gasteiger partial charge in [-0.25, -0.2) is 4.39 Å². The van der Waals surface area contributed by atoms with Gasteiger partial charge in [-0.1, -0.05) is 18.6 Å². The Morgan fingerprint density at radius 1 is 1.47 bits per heavy atom. The summed E-state index contributed by atoms with van der Waals surface area (Å²) in [5.41, 5.74) is 6.79. The molecule has 0 saturated heterocycles. The molecule has 1 saturated carbocycles. The van der Waals surface area contributed by atoms with E-state index in [9.17, 15) is 9.18 Å². The Kier molecular flexibility index (Phi) is 4.53. The van der Waals surface area contributed by atoms with Gasteiger partial charge in [-0.05, 0) is 36.5 Å². The Hall–Kier alpha value is -1.42. The topological polar surface area (TPSA) is 46.3 Å². The second-order valence-electron chi connectivity index (χ2n) is 5.44. The number of carbonyl (C=O) groups excluding carboxylic acids is 1. The summed E-state index contributed by atoms with van der Waals surface area (Å²) in [5, 5.41) is 0. The van der Waals surface area contributed by atoms with Crippen molar-refractivity contribution in [3.05, 3.63) is 35.6 Å². The minimum absolute atomic E-state index is 0.0895. The van der Waals surface area contributed by atoms with Crippen LogP contribution in [-0.2, 0) is 11.3 Å². The lowest BCUT2D eigenvalue weighted by Crippen LogP contribution is -2.32. The molecular formula is C15H21FN2O. The van der Waals surface area contributed by atoms with Crippen LogP contribution in [0.5, 0.6) is 0 Å². The van der Waals surface area contributed by atoms with Gasteiger partial charge in [0.05, 0.1) is 0 Å². The molecule has 1 fully saturated rings. The minimum Gasteiger partial charge on any atom is -0.341 e. The van der Waals surface area contributed by atoms with Crippen LogP contribution < -0.4 is 5.73 Å². The highest BCUT2D eigenvalue weighted by Crippen LogP contribution is 2.27. The molecule has 0 spiro atoms. The van der Waals surface area contributed by atoms with E-state index >= 15 is 0 Å². The highest BCUT2D eigenvalue weighted by Gasteiger charge is 2.27. The average molecular weight is 264 g/mol. The summed E-state index contributed by atoms with van der Waals surface area (Å²) in [7, 11) is 1.76. The molecule has 2 N–H and O–H groups in total. The quantitative estimate of drug-likeness (QED) is 0.907. The summed E-state index contributed by atoms with van der Waals surface area (Å²) in [6, 6.07) is 6.52. The van der Waals surface area contributed by atoms with Crippen LogP contribution in [0.4, 0.5) is 4.39 Å². The first-order valence-corrected chi connectivity index (χ1v) is 6.80. The molecule has 1 aliphatic carbocycles. The number of amides is 1. The Labute approximate surface area is 113 Å². The van der Waals surface area contributed by atoms with E-state index in [4.69, 9.17) is 5.73 Å². The molecule has 104 valence electrons. The lowest BCUT2D eigenvalue weighted by atomic mass is 9.99. The number of hydrogen-bond acceptors (Lipinski definition) is 2. The number of nitrogens with zero attached hydrogens (tertiary/aromatic N) is 1. The molecule has 0 radical (unpaired) electrons. The Balaban J connectivity index is 1.88. The molecule has 2 rings (SSSR count). The fraction of sp³-hybridized carbons (Fsp3) is 0.533. The first kappa shape index (κ1) is 14.0. The molecule has 0 aliphatic heterocycles. The van der Waals surface area contributed by atoms with Gasteiger partial charge in [0.15, 0.2) is 0 Å². The highest BCUT2D eigenvalue weighted by molar-refractivity contribution is 5.76. The number of benzene rings is 1. The van der Waals surface area contributed by atoms with Crippen molar-refractivity contribution >= 4 is 5.91 Å². The van der Waals surface area contributed by atoms with Crippen LogP contribution in [-0.4, -0.2) is 23.9 Å². The van der Waals surface area contributed by atoms with Crippen molar-refractivity contribution in [2.45, 2.75) is 38.3 Å². The van der Waals surface area contributed by atoms with Gasteiger partial charge in [-0.15, -0.1) is 0 Å². The van der Waals surface area contributed by atoms with Crippen LogP contribution in [0.1, 0.15) is 31.2 Å². The zero-order chi connectivity index (χ0) is 13.8. The molecule has 1 aliphatic rings. The molecule has 1 amide bonds. The first-order chi connectivity index (χ1) is 9.06.